The lowest BCUT2D eigenvalue weighted by Crippen LogP contribution is -2.28. The fraction of sp³-hybridized carbons (Fsp3) is 1.00. The smallest absolute Gasteiger partial charge is 0.0566 e. The minimum atomic E-state index is -0.0666. The van der Waals surface area contributed by atoms with E-state index in [9.17, 15) is 5.11 Å². The summed E-state index contributed by atoms with van der Waals surface area (Å²) in [5.74, 6) is 1.14. The van der Waals surface area contributed by atoms with Gasteiger partial charge in [0.05, 0.1) is 6.10 Å². The predicted octanol–water partition coefficient (Wildman–Crippen LogP) is 1.43. The van der Waals surface area contributed by atoms with E-state index < -0.39 is 0 Å². The molecule has 0 amide bonds. The van der Waals surface area contributed by atoms with Gasteiger partial charge in [0.2, 0.25) is 0 Å². The monoisotopic (exact) mass is 158 g/mol. The van der Waals surface area contributed by atoms with Crippen molar-refractivity contribution in [2.75, 3.05) is 13.7 Å². The van der Waals surface area contributed by atoms with E-state index in [0.717, 1.165) is 25.9 Å². The highest BCUT2D eigenvalue weighted by molar-refractivity contribution is 4.76. The standard InChI is InChI=1S/C9H18O2/c1-7-5-8(6-11-2)3-4-9(7)10/h7-10H,3-6H2,1-2H3/t7-,8+,9-/m1/s1. The molecule has 0 radical (unpaired) electrons. The maximum atomic E-state index is 9.42. The second kappa shape index (κ2) is 4.07. The zero-order valence-corrected chi connectivity index (χ0v) is 7.42. The first-order valence-electron chi connectivity index (χ1n) is 4.41. The van der Waals surface area contributed by atoms with Gasteiger partial charge < -0.3 is 9.84 Å². The fourth-order valence-corrected chi connectivity index (χ4v) is 1.88. The van der Waals surface area contributed by atoms with Crippen LogP contribution in [0.2, 0.25) is 0 Å². The lowest BCUT2D eigenvalue weighted by atomic mass is 9.81. The van der Waals surface area contributed by atoms with Crippen LogP contribution in [0.1, 0.15) is 26.2 Å². The summed E-state index contributed by atoms with van der Waals surface area (Å²) < 4.78 is 5.08. The Morgan fingerprint density at radius 2 is 2.18 bits per heavy atom. The third kappa shape index (κ3) is 2.46. The van der Waals surface area contributed by atoms with Crippen LogP contribution >= 0.6 is 0 Å². The number of rotatable bonds is 2. The van der Waals surface area contributed by atoms with Crippen LogP contribution in [-0.4, -0.2) is 24.9 Å². The first-order valence-corrected chi connectivity index (χ1v) is 4.41. The van der Waals surface area contributed by atoms with Crippen LogP contribution in [0.4, 0.5) is 0 Å². The van der Waals surface area contributed by atoms with Crippen molar-refractivity contribution in [2.45, 2.75) is 32.3 Å². The van der Waals surface area contributed by atoms with Crippen molar-refractivity contribution >= 4 is 0 Å². The summed E-state index contributed by atoms with van der Waals surface area (Å²) >= 11 is 0. The number of methoxy groups -OCH3 is 1. The molecule has 66 valence electrons. The Bertz CT molecular complexity index is 114. The normalized spacial score (nSPS) is 39.0. The molecule has 1 N–H and O–H groups in total. The van der Waals surface area contributed by atoms with E-state index in [1.165, 1.54) is 0 Å². The van der Waals surface area contributed by atoms with E-state index in [4.69, 9.17) is 4.74 Å². The minimum absolute atomic E-state index is 0.0666. The second-order valence-electron chi connectivity index (χ2n) is 3.68. The molecule has 1 rings (SSSR count). The number of aliphatic hydroxyl groups is 1. The average Bonchev–Trinajstić information content (AvgIpc) is 1.98. The lowest BCUT2D eigenvalue weighted by molar-refractivity contribution is 0.0323. The fourth-order valence-electron chi connectivity index (χ4n) is 1.88. The van der Waals surface area contributed by atoms with Crippen LogP contribution in [0, 0.1) is 11.8 Å². The minimum Gasteiger partial charge on any atom is -0.393 e. The van der Waals surface area contributed by atoms with Crippen molar-refractivity contribution < 1.29 is 9.84 Å². The number of ether oxygens (including phenoxy) is 1. The summed E-state index contributed by atoms with van der Waals surface area (Å²) in [6.07, 6.45) is 3.13. The number of hydrogen-bond donors (Lipinski definition) is 1. The number of aliphatic hydroxyl groups excluding tert-OH is 1. The molecule has 1 aliphatic carbocycles. The highest BCUT2D eigenvalue weighted by atomic mass is 16.5. The van der Waals surface area contributed by atoms with Gasteiger partial charge in [0, 0.05) is 13.7 Å². The van der Waals surface area contributed by atoms with Gasteiger partial charge in [0.25, 0.3) is 0 Å². The molecule has 0 heterocycles. The van der Waals surface area contributed by atoms with E-state index in [2.05, 4.69) is 6.92 Å². The topological polar surface area (TPSA) is 29.5 Å². The third-order valence-electron chi connectivity index (χ3n) is 2.64. The van der Waals surface area contributed by atoms with Gasteiger partial charge in [0.1, 0.15) is 0 Å². The van der Waals surface area contributed by atoms with Crippen molar-refractivity contribution in [3.05, 3.63) is 0 Å². The van der Waals surface area contributed by atoms with E-state index in [1.54, 1.807) is 7.11 Å². The van der Waals surface area contributed by atoms with Crippen LogP contribution in [0.3, 0.4) is 0 Å². The molecule has 2 nitrogen and oxygen atoms in total. The Labute approximate surface area is 68.6 Å². The molecule has 0 saturated heterocycles. The van der Waals surface area contributed by atoms with Crippen LogP contribution < -0.4 is 0 Å². The zero-order valence-electron chi connectivity index (χ0n) is 7.42. The van der Waals surface area contributed by atoms with Crippen molar-refractivity contribution in [2.24, 2.45) is 11.8 Å². The molecule has 0 bridgehead atoms. The van der Waals surface area contributed by atoms with E-state index in [-0.39, 0.29) is 6.10 Å². The largest absolute Gasteiger partial charge is 0.393 e. The summed E-state index contributed by atoms with van der Waals surface area (Å²) in [7, 11) is 1.75. The molecule has 0 aromatic heterocycles. The Balaban J connectivity index is 2.28. The van der Waals surface area contributed by atoms with Crippen molar-refractivity contribution in [3.8, 4) is 0 Å². The molecular weight excluding hydrogens is 140 g/mol. The summed E-state index contributed by atoms with van der Waals surface area (Å²) in [5.41, 5.74) is 0. The third-order valence-corrected chi connectivity index (χ3v) is 2.64. The summed E-state index contributed by atoms with van der Waals surface area (Å²) in [5, 5.41) is 9.42. The maximum Gasteiger partial charge on any atom is 0.0566 e. The van der Waals surface area contributed by atoms with Crippen LogP contribution in [-0.2, 0) is 4.74 Å². The first kappa shape index (κ1) is 9.01. The SMILES string of the molecule is COC[C@H]1CC[C@@H](O)[C@H](C)C1. The van der Waals surface area contributed by atoms with Gasteiger partial charge >= 0.3 is 0 Å². The van der Waals surface area contributed by atoms with Crippen LogP contribution in [0.25, 0.3) is 0 Å². The Hall–Kier alpha value is -0.0800. The Kier molecular flexibility index (Phi) is 3.34. The van der Waals surface area contributed by atoms with Gasteiger partial charge in [-0.3, -0.25) is 0 Å². The van der Waals surface area contributed by atoms with Gasteiger partial charge in [-0.05, 0) is 31.1 Å². The quantitative estimate of drug-likeness (QED) is 0.658. The molecule has 1 saturated carbocycles. The highest BCUT2D eigenvalue weighted by Crippen LogP contribution is 2.28. The van der Waals surface area contributed by atoms with Crippen molar-refractivity contribution in [1.29, 1.82) is 0 Å². The maximum absolute atomic E-state index is 9.42. The summed E-state index contributed by atoms with van der Waals surface area (Å²) in [6.45, 7) is 2.98. The molecule has 11 heavy (non-hydrogen) atoms. The number of hydrogen-bond acceptors (Lipinski definition) is 2. The van der Waals surface area contributed by atoms with Gasteiger partial charge in [-0.15, -0.1) is 0 Å². The summed E-state index contributed by atoms with van der Waals surface area (Å²) in [4.78, 5) is 0. The van der Waals surface area contributed by atoms with Crippen molar-refractivity contribution in [1.82, 2.24) is 0 Å². The van der Waals surface area contributed by atoms with Gasteiger partial charge in [-0.1, -0.05) is 6.92 Å². The molecule has 0 aromatic carbocycles. The Morgan fingerprint density at radius 1 is 1.45 bits per heavy atom. The van der Waals surface area contributed by atoms with Crippen LogP contribution in [0.5, 0.6) is 0 Å². The summed E-state index contributed by atoms with van der Waals surface area (Å²) in [6, 6.07) is 0. The van der Waals surface area contributed by atoms with E-state index in [0.29, 0.717) is 11.8 Å². The molecule has 1 aliphatic rings. The molecule has 1 fully saturated rings. The molecule has 0 aliphatic heterocycles. The van der Waals surface area contributed by atoms with E-state index in [1.807, 2.05) is 0 Å². The molecule has 2 heteroatoms. The first-order chi connectivity index (χ1) is 5.24. The lowest BCUT2D eigenvalue weighted by Gasteiger charge is -2.30. The van der Waals surface area contributed by atoms with E-state index >= 15 is 0 Å². The molecule has 3 atom stereocenters. The Morgan fingerprint density at radius 3 is 2.73 bits per heavy atom. The molecule has 0 spiro atoms. The molecule has 0 aromatic rings. The highest BCUT2D eigenvalue weighted by Gasteiger charge is 2.25. The predicted molar refractivity (Wildman–Crippen MR) is 44.4 cm³/mol. The average molecular weight is 158 g/mol. The molecule has 0 unspecified atom stereocenters. The van der Waals surface area contributed by atoms with Gasteiger partial charge in [0.15, 0.2) is 0 Å². The second-order valence-corrected chi connectivity index (χ2v) is 3.68. The van der Waals surface area contributed by atoms with Gasteiger partial charge in [-0.25, -0.2) is 0 Å². The van der Waals surface area contributed by atoms with Crippen LogP contribution in [0.15, 0.2) is 0 Å². The zero-order chi connectivity index (χ0) is 8.27. The van der Waals surface area contributed by atoms with Crippen molar-refractivity contribution in [3.63, 3.8) is 0 Å². The van der Waals surface area contributed by atoms with Gasteiger partial charge in [-0.2, -0.15) is 0 Å². The molecular formula is C9H18O2.